The van der Waals surface area contributed by atoms with Crippen LogP contribution in [0.25, 0.3) is 0 Å². The van der Waals surface area contributed by atoms with E-state index in [1.54, 1.807) is 60.1 Å². The molecule has 0 saturated carbocycles. The summed E-state index contributed by atoms with van der Waals surface area (Å²) in [5.41, 5.74) is 4.65. The van der Waals surface area contributed by atoms with E-state index in [1.165, 1.54) is 23.9 Å². The lowest BCUT2D eigenvalue weighted by Gasteiger charge is -2.09. The predicted octanol–water partition coefficient (Wildman–Crippen LogP) is 4.82. The van der Waals surface area contributed by atoms with Crippen molar-refractivity contribution in [2.24, 2.45) is 0 Å². The van der Waals surface area contributed by atoms with E-state index in [0.29, 0.717) is 34.9 Å². The second-order valence-corrected chi connectivity index (χ2v) is 7.01. The Hall–Kier alpha value is -3.91. The molecule has 2 aromatic carbocycles. The topological polar surface area (TPSA) is 93.5 Å². The van der Waals surface area contributed by atoms with E-state index < -0.39 is 0 Å². The maximum atomic E-state index is 12.5. The smallest absolute Gasteiger partial charge is 0.258 e. The van der Waals surface area contributed by atoms with Gasteiger partial charge in [-0.3, -0.25) is 9.59 Å². The third-order valence-electron chi connectivity index (χ3n) is 4.15. The average molecular weight is 419 g/mol. The minimum absolute atomic E-state index is 0.264. The molecule has 0 bridgehead atoms. The second-order valence-electron chi connectivity index (χ2n) is 6.29. The Balaban J connectivity index is 1.35. The van der Waals surface area contributed by atoms with Crippen LogP contribution in [0.15, 0.2) is 82.4 Å². The number of ether oxygens (including phenoxy) is 1. The maximum Gasteiger partial charge on any atom is 0.258 e. The van der Waals surface area contributed by atoms with Gasteiger partial charge in [0.2, 0.25) is 0 Å². The average Bonchev–Trinajstić information content (AvgIpc) is 3.47. The molecule has 0 atom stereocenters. The van der Waals surface area contributed by atoms with Gasteiger partial charge in [0.1, 0.15) is 18.6 Å². The zero-order valence-electron chi connectivity index (χ0n) is 15.7. The van der Waals surface area contributed by atoms with Crippen molar-refractivity contribution in [3.8, 4) is 5.75 Å². The van der Waals surface area contributed by atoms with E-state index >= 15 is 0 Å². The molecule has 0 unspecified atom stereocenters. The molecule has 150 valence electrons. The quantitative estimate of drug-likeness (QED) is 0.448. The fourth-order valence-corrected chi connectivity index (χ4v) is 3.19. The first-order chi connectivity index (χ1) is 14.7. The van der Waals surface area contributed by atoms with E-state index in [1.807, 2.05) is 5.38 Å². The van der Waals surface area contributed by atoms with Gasteiger partial charge in [0.05, 0.1) is 23.0 Å². The molecule has 4 rings (SSSR count). The fraction of sp³-hybridized carbons (Fsp3) is 0.0455. The van der Waals surface area contributed by atoms with E-state index in [-0.39, 0.29) is 11.8 Å². The van der Waals surface area contributed by atoms with Crippen LogP contribution in [0.4, 0.5) is 11.4 Å². The van der Waals surface area contributed by atoms with Crippen LogP contribution < -0.4 is 15.4 Å². The summed E-state index contributed by atoms with van der Waals surface area (Å²) in [4.78, 5) is 28.8. The lowest BCUT2D eigenvalue weighted by Crippen LogP contribution is -2.13. The SMILES string of the molecule is O=C(Nc1cccc(NC(=O)c2ccoc2)c1)c1ccc(OCc2cscn2)cc1. The lowest BCUT2D eigenvalue weighted by atomic mass is 10.2. The summed E-state index contributed by atoms with van der Waals surface area (Å²) in [6.45, 7) is 0.381. The Labute approximate surface area is 176 Å². The molecule has 7 nitrogen and oxygen atoms in total. The van der Waals surface area contributed by atoms with E-state index in [4.69, 9.17) is 9.15 Å². The summed E-state index contributed by atoms with van der Waals surface area (Å²) in [5.74, 6) is 0.100. The van der Waals surface area contributed by atoms with Crippen molar-refractivity contribution in [1.82, 2.24) is 4.98 Å². The van der Waals surface area contributed by atoms with Gasteiger partial charge in [-0.2, -0.15) is 0 Å². The summed E-state index contributed by atoms with van der Waals surface area (Å²) < 4.78 is 10.6. The van der Waals surface area contributed by atoms with Crippen LogP contribution >= 0.6 is 11.3 Å². The van der Waals surface area contributed by atoms with Gasteiger partial charge in [-0.15, -0.1) is 11.3 Å². The molecule has 4 aromatic rings. The Morgan fingerprint density at radius 1 is 0.967 bits per heavy atom. The number of benzene rings is 2. The first kappa shape index (κ1) is 19.4. The highest BCUT2D eigenvalue weighted by Gasteiger charge is 2.10. The molecule has 0 saturated heterocycles. The van der Waals surface area contributed by atoms with Crippen LogP contribution in [0, 0.1) is 0 Å². The van der Waals surface area contributed by atoms with Gasteiger partial charge in [-0.05, 0) is 48.5 Å². The summed E-state index contributed by atoms with van der Waals surface area (Å²) >= 11 is 1.51. The van der Waals surface area contributed by atoms with Crippen molar-refractivity contribution in [2.45, 2.75) is 6.61 Å². The van der Waals surface area contributed by atoms with Gasteiger partial charge < -0.3 is 19.8 Å². The number of furan rings is 1. The van der Waals surface area contributed by atoms with Crippen LogP contribution in [-0.2, 0) is 6.61 Å². The molecule has 0 aliphatic heterocycles. The molecule has 0 spiro atoms. The number of aromatic nitrogens is 1. The van der Waals surface area contributed by atoms with Crippen LogP contribution in [0.5, 0.6) is 5.75 Å². The predicted molar refractivity (Wildman–Crippen MR) is 114 cm³/mol. The number of carbonyl (C=O) groups excluding carboxylic acids is 2. The molecule has 0 aliphatic rings. The minimum atomic E-state index is -0.291. The highest BCUT2D eigenvalue weighted by atomic mass is 32.1. The number of thiazole rings is 1. The van der Waals surface area contributed by atoms with Crippen LogP contribution in [0.1, 0.15) is 26.4 Å². The zero-order valence-corrected chi connectivity index (χ0v) is 16.5. The highest BCUT2D eigenvalue weighted by Crippen LogP contribution is 2.19. The van der Waals surface area contributed by atoms with E-state index in [9.17, 15) is 9.59 Å². The van der Waals surface area contributed by atoms with Gasteiger partial charge in [-0.25, -0.2) is 4.98 Å². The molecule has 0 aliphatic carbocycles. The molecule has 30 heavy (non-hydrogen) atoms. The van der Waals surface area contributed by atoms with Gasteiger partial charge >= 0.3 is 0 Å². The summed E-state index contributed by atoms with van der Waals surface area (Å²) in [5, 5.41) is 7.51. The Kier molecular flexibility index (Phi) is 5.86. The summed E-state index contributed by atoms with van der Waals surface area (Å²) in [6, 6.07) is 15.3. The molecule has 0 radical (unpaired) electrons. The number of amides is 2. The molecule has 2 amide bonds. The van der Waals surface area contributed by atoms with Gasteiger partial charge in [0, 0.05) is 22.3 Å². The summed E-state index contributed by atoms with van der Waals surface area (Å²) in [7, 11) is 0. The van der Waals surface area contributed by atoms with Crippen molar-refractivity contribution >= 4 is 34.5 Å². The minimum Gasteiger partial charge on any atom is -0.487 e. The number of rotatable bonds is 7. The molecule has 0 fully saturated rings. The molecule has 8 heteroatoms. The van der Waals surface area contributed by atoms with Gasteiger partial charge in [0.25, 0.3) is 11.8 Å². The first-order valence-electron chi connectivity index (χ1n) is 9.02. The first-order valence-corrected chi connectivity index (χ1v) is 9.96. The highest BCUT2D eigenvalue weighted by molar-refractivity contribution is 7.07. The second kappa shape index (κ2) is 9.06. The van der Waals surface area contributed by atoms with Gasteiger partial charge in [0.15, 0.2) is 0 Å². The standard InChI is InChI=1S/C22H17N3O4S/c26-21(15-4-6-20(7-5-15)29-12-19-13-30-14-23-19)24-17-2-1-3-18(10-17)25-22(27)16-8-9-28-11-16/h1-11,13-14H,12H2,(H,24,26)(H,25,27). The molecular formula is C22H17N3O4S. The van der Waals surface area contributed by atoms with Gasteiger partial charge in [-0.1, -0.05) is 6.07 Å². The number of nitrogens with one attached hydrogen (secondary N) is 2. The molecule has 2 aromatic heterocycles. The monoisotopic (exact) mass is 419 g/mol. The maximum absolute atomic E-state index is 12.5. The third-order valence-corrected chi connectivity index (χ3v) is 4.78. The number of hydrogen-bond acceptors (Lipinski definition) is 6. The van der Waals surface area contributed by atoms with E-state index in [2.05, 4.69) is 15.6 Å². The number of anilines is 2. The zero-order chi connectivity index (χ0) is 20.8. The fourth-order valence-electron chi connectivity index (χ4n) is 2.64. The largest absolute Gasteiger partial charge is 0.487 e. The normalized spacial score (nSPS) is 10.4. The van der Waals surface area contributed by atoms with Crippen molar-refractivity contribution in [3.63, 3.8) is 0 Å². The van der Waals surface area contributed by atoms with Crippen molar-refractivity contribution < 1.29 is 18.7 Å². The molecule has 2 heterocycles. The summed E-state index contributed by atoms with van der Waals surface area (Å²) in [6.07, 6.45) is 2.80. The third kappa shape index (κ3) is 4.92. The van der Waals surface area contributed by atoms with Crippen LogP contribution in [0.3, 0.4) is 0 Å². The van der Waals surface area contributed by atoms with Crippen LogP contribution in [0.2, 0.25) is 0 Å². The Morgan fingerprint density at radius 2 is 1.70 bits per heavy atom. The van der Waals surface area contributed by atoms with Crippen molar-refractivity contribution in [3.05, 3.63) is 94.8 Å². The van der Waals surface area contributed by atoms with Crippen molar-refractivity contribution in [2.75, 3.05) is 10.6 Å². The number of carbonyl (C=O) groups is 2. The van der Waals surface area contributed by atoms with Crippen LogP contribution in [-0.4, -0.2) is 16.8 Å². The Bertz CT molecular complexity index is 1120. The van der Waals surface area contributed by atoms with E-state index in [0.717, 1.165) is 5.69 Å². The lowest BCUT2D eigenvalue weighted by molar-refractivity contribution is 0.101. The molecule has 2 N–H and O–H groups in total. The van der Waals surface area contributed by atoms with Crippen molar-refractivity contribution in [1.29, 1.82) is 0 Å². The molecular weight excluding hydrogens is 402 g/mol. The Morgan fingerprint density at radius 3 is 2.33 bits per heavy atom. The number of nitrogens with zero attached hydrogens (tertiary/aromatic N) is 1. The number of hydrogen-bond donors (Lipinski definition) is 2.